The van der Waals surface area contributed by atoms with Crippen LogP contribution in [-0.2, 0) is 13.6 Å². The quantitative estimate of drug-likeness (QED) is 0.849. The molecule has 2 rings (SSSR count). The first kappa shape index (κ1) is 16.2. The fourth-order valence-electron chi connectivity index (χ4n) is 1.95. The van der Waals surface area contributed by atoms with Gasteiger partial charge in [-0.05, 0) is 26.2 Å². The molecule has 0 bridgehead atoms. The molecule has 0 radical (unpaired) electrons. The van der Waals surface area contributed by atoms with Crippen molar-refractivity contribution in [2.24, 2.45) is 7.05 Å². The maximum Gasteiger partial charge on any atom is 0.335 e. The van der Waals surface area contributed by atoms with Gasteiger partial charge in [0, 0.05) is 25.4 Å². The number of aromatic nitrogens is 2. The zero-order chi connectivity index (χ0) is 14.0. The normalized spacial score (nSPS) is 10.4. The highest BCUT2D eigenvalue weighted by molar-refractivity contribution is 5.85. The van der Waals surface area contributed by atoms with E-state index in [-0.39, 0.29) is 23.7 Å². The molecule has 0 saturated carbocycles. The number of benzene rings is 1. The van der Waals surface area contributed by atoms with Crippen molar-refractivity contribution in [1.29, 1.82) is 0 Å². The molecular weight excluding hydrogens is 278 g/mol. The first-order valence-electron chi connectivity index (χ1n) is 6.02. The van der Waals surface area contributed by atoms with Gasteiger partial charge in [-0.3, -0.25) is 13.9 Å². The summed E-state index contributed by atoms with van der Waals surface area (Å²) < 4.78 is 2.64. The van der Waals surface area contributed by atoms with Gasteiger partial charge in [0.05, 0.1) is 5.69 Å². The third-order valence-corrected chi connectivity index (χ3v) is 2.88. The van der Waals surface area contributed by atoms with Gasteiger partial charge in [0.25, 0.3) is 5.56 Å². The molecule has 6 heteroatoms. The van der Waals surface area contributed by atoms with Crippen LogP contribution in [0.15, 0.2) is 46.1 Å². The maximum atomic E-state index is 12.1. The minimum absolute atomic E-state index is 0. The van der Waals surface area contributed by atoms with E-state index in [1.165, 1.54) is 11.6 Å². The molecule has 0 aliphatic carbocycles. The Bertz CT molecular complexity index is 690. The van der Waals surface area contributed by atoms with Crippen molar-refractivity contribution in [3.63, 3.8) is 0 Å². The fourth-order valence-corrected chi connectivity index (χ4v) is 1.95. The molecular formula is C14H18ClN3O2. The van der Waals surface area contributed by atoms with Gasteiger partial charge in [0.1, 0.15) is 0 Å². The second kappa shape index (κ2) is 6.54. The van der Waals surface area contributed by atoms with Crippen LogP contribution >= 0.6 is 12.4 Å². The molecule has 108 valence electrons. The van der Waals surface area contributed by atoms with Gasteiger partial charge in [-0.15, -0.1) is 12.4 Å². The van der Waals surface area contributed by atoms with Gasteiger partial charge in [-0.1, -0.05) is 18.2 Å². The van der Waals surface area contributed by atoms with Crippen LogP contribution in [0.4, 0.5) is 0 Å². The Morgan fingerprint density at radius 1 is 1.10 bits per heavy atom. The first-order chi connectivity index (χ1) is 9.00. The largest absolute Gasteiger partial charge is 0.335 e. The van der Waals surface area contributed by atoms with Crippen molar-refractivity contribution < 1.29 is 0 Å². The Balaban J connectivity index is 0.00000200. The van der Waals surface area contributed by atoms with Crippen LogP contribution in [0.1, 0.15) is 5.56 Å². The van der Waals surface area contributed by atoms with Gasteiger partial charge in [-0.2, -0.15) is 0 Å². The number of hydrogen-bond donors (Lipinski definition) is 0. The lowest BCUT2D eigenvalue weighted by Gasteiger charge is -2.13. The van der Waals surface area contributed by atoms with E-state index in [1.54, 1.807) is 6.20 Å². The van der Waals surface area contributed by atoms with Gasteiger partial charge in [0.15, 0.2) is 0 Å². The molecule has 0 aliphatic rings. The average molecular weight is 296 g/mol. The van der Waals surface area contributed by atoms with E-state index >= 15 is 0 Å². The Morgan fingerprint density at radius 3 is 2.25 bits per heavy atom. The smallest absolute Gasteiger partial charge is 0.305 e. The van der Waals surface area contributed by atoms with Gasteiger partial charge < -0.3 is 4.90 Å². The van der Waals surface area contributed by atoms with E-state index in [4.69, 9.17) is 0 Å². The van der Waals surface area contributed by atoms with Crippen LogP contribution in [0.2, 0.25) is 0 Å². The molecule has 20 heavy (non-hydrogen) atoms. The number of para-hydroxylation sites is 1. The zero-order valence-electron chi connectivity index (χ0n) is 11.7. The molecule has 1 heterocycles. The molecule has 0 spiro atoms. The molecule has 0 fully saturated rings. The molecule has 0 saturated heterocycles. The summed E-state index contributed by atoms with van der Waals surface area (Å²) in [4.78, 5) is 26.1. The Labute approximate surface area is 123 Å². The summed E-state index contributed by atoms with van der Waals surface area (Å²) >= 11 is 0. The van der Waals surface area contributed by atoms with Gasteiger partial charge >= 0.3 is 5.69 Å². The molecule has 0 aliphatic heterocycles. The van der Waals surface area contributed by atoms with Crippen LogP contribution in [-0.4, -0.2) is 28.1 Å². The topological polar surface area (TPSA) is 47.2 Å². The summed E-state index contributed by atoms with van der Waals surface area (Å²) in [5.74, 6) is 0. The van der Waals surface area contributed by atoms with E-state index in [1.807, 2.05) is 49.3 Å². The number of halogens is 1. The van der Waals surface area contributed by atoms with E-state index < -0.39 is 0 Å². The molecule has 0 amide bonds. The van der Waals surface area contributed by atoms with Crippen LogP contribution in [0, 0.1) is 0 Å². The van der Waals surface area contributed by atoms with Crippen LogP contribution in [0.25, 0.3) is 5.69 Å². The summed E-state index contributed by atoms with van der Waals surface area (Å²) in [6, 6.07) is 9.28. The second-order valence-corrected chi connectivity index (χ2v) is 4.74. The lowest BCUT2D eigenvalue weighted by Crippen LogP contribution is -2.39. The van der Waals surface area contributed by atoms with Crippen LogP contribution < -0.4 is 11.2 Å². The van der Waals surface area contributed by atoms with Crippen molar-refractivity contribution in [2.45, 2.75) is 6.54 Å². The molecule has 0 atom stereocenters. The summed E-state index contributed by atoms with van der Waals surface area (Å²) in [5, 5.41) is 0. The first-order valence-corrected chi connectivity index (χ1v) is 6.02. The predicted molar refractivity (Wildman–Crippen MR) is 81.9 cm³/mol. The van der Waals surface area contributed by atoms with E-state index in [9.17, 15) is 9.59 Å². The minimum atomic E-state index is -0.335. The average Bonchev–Trinajstić information content (AvgIpc) is 2.40. The fraction of sp³-hybridized carbons (Fsp3) is 0.286. The van der Waals surface area contributed by atoms with Crippen molar-refractivity contribution in [3.8, 4) is 5.69 Å². The molecule has 1 aromatic heterocycles. The van der Waals surface area contributed by atoms with Crippen LogP contribution in [0.3, 0.4) is 0 Å². The standard InChI is InChI=1S/C14H17N3O2.ClH/c1-15(2)9-11-10-17(12-7-5-4-6-8-12)14(19)16(3)13(11)18;/h4-8,10H,9H2,1-3H3;1H. The molecule has 5 nitrogen and oxygen atoms in total. The highest BCUT2D eigenvalue weighted by Crippen LogP contribution is 2.04. The van der Waals surface area contributed by atoms with Gasteiger partial charge in [-0.25, -0.2) is 4.79 Å². The van der Waals surface area contributed by atoms with Crippen LogP contribution in [0.5, 0.6) is 0 Å². The zero-order valence-corrected chi connectivity index (χ0v) is 12.6. The van der Waals surface area contributed by atoms with Crippen molar-refractivity contribution in [2.75, 3.05) is 14.1 Å². The summed E-state index contributed by atoms with van der Waals surface area (Å²) in [5.41, 5.74) is 0.767. The Hall–Kier alpha value is -1.85. The highest BCUT2D eigenvalue weighted by Gasteiger charge is 2.10. The van der Waals surface area contributed by atoms with Gasteiger partial charge in [0.2, 0.25) is 0 Å². The van der Waals surface area contributed by atoms with E-state index in [0.29, 0.717) is 12.1 Å². The lowest BCUT2D eigenvalue weighted by molar-refractivity contribution is 0.397. The number of rotatable bonds is 3. The maximum absolute atomic E-state index is 12.1. The predicted octanol–water partition coefficient (Wildman–Crippen LogP) is 1.02. The lowest BCUT2D eigenvalue weighted by atomic mass is 10.3. The molecule has 1 aromatic carbocycles. The Morgan fingerprint density at radius 2 is 1.70 bits per heavy atom. The summed E-state index contributed by atoms with van der Waals surface area (Å²) in [6.07, 6.45) is 1.62. The monoisotopic (exact) mass is 295 g/mol. The Kier molecular flexibility index (Phi) is 5.30. The molecule has 2 aromatic rings. The van der Waals surface area contributed by atoms with E-state index in [2.05, 4.69) is 0 Å². The minimum Gasteiger partial charge on any atom is -0.305 e. The molecule has 0 N–H and O–H groups in total. The SMILES string of the molecule is CN(C)Cc1cn(-c2ccccc2)c(=O)n(C)c1=O.Cl. The highest BCUT2D eigenvalue weighted by atomic mass is 35.5. The molecule has 0 unspecified atom stereocenters. The van der Waals surface area contributed by atoms with Crippen molar-refractivity contribution in [1.82, 2.24) is 14.0 Å². The van der Waals surface area contributed by atoms with E-state index in [0.717, 1.165) is 10.3 Å². The van der Waals surface area contributed by atoms with Crippen molar-refractivity contribution >= 4 is 12.4 Å². The van der Waals surface area contributed by atoms with Crippen molar-refractivity contribution in [3.05, 3.63) is 62.9 Å². The summed E-state index contributed by atoms with van der Waals surface area (Å²) in [7, 11) is 5.28. The second-order valence-electron chi connectivity index (χ2n) is 4.74. The third kappa shape index (κ3) is 3.18. The number of nitrogens with zero attached hydrogens (tertiary/aromatic N) is 3. The number of hydrogen-bond acceptors (Lipinski definition) is 3. The summed E-state index contributed by atoms with van der Waals surface area (Å²) in [6.45, 7) is 0.500. The third-order valence-electron chi connectivity index (χ3n) is 2.88.